The van der Waals surface area contributed by atoms with Gasteiger partial charge in [0, 0.05) is 11.5 Å². The minimum absolute atomic E-state index is 0.0375. The maximum atomic E-state index is 12.6. The number of alkyl halides is 3. The number of rotatable bonds is 2. The SMILES string of the molecule is CC1(C)CC(Cc2cccc(C(F)(F)F)c2)NC1=O. The monoisotopic (exact) mass is 271 g/mol. The van der Waals surface area contributed by atoms with Crippen LogP contribution in [0.3, 0.4) is 0 Å². The summed E-state index contributed by atoms with van der Waals surface area (Å²) >= 11 is 0. The summed E-state index contributed by atoms with van der Waals surface area (Å²) in [5, 5.41) is 2.83. The van der Waals surface area contributed by atoms with E-state index < -0.39 is 17.2 Å². The largest absolute Gasteiger partial charge is 0.416 e. The molecule has 1 unspecified atom stereocenters. The standard InChI is InChI=1S/C14H16F3NO/c1-13(2)8-11(18-12(13)19)7-9-4-3-5-10(6-9)14(15,16)17/h3-6,11H,7-8H2,1-2H3,(H,18,19). The topological polar surface area (TPSA) is 29.1 Å². The first-order valence-electron chi connectivity index (χ1n) is 6.15. The fraction of sp³-hybridized carbons (Fsp3) is 0.500. The summed E-state index contributed by atoms with van der Waals surface area (Å²) in [5.74, 6) is -0.0375. The lowest BCUT2D eigenvalue weighted by molar-refractivity contribution is -0.137. The first-order chi connectivity index (χ1) is 8.68. The van der Waals surface area contributed by atoms with E-state index in [1.807, 2.05) is 13.8 Å². The van der Waals surface area contributed by atoms with E-state index in [4.69, 9.17) is 0 Å². The van der Waals surface area contributed by atoms with E-state index >= 15 is 0 Å². The van der Waals surface area contributed by atoms with E-state index in [2.05, 4.69) is 5.32 Å². The molecule has 0 spiro atoms. The van der Waals surface area contributed by atoms with Gasteiger partial charge in [-0.1, -0.05) is 32.0 Å². The van der Waals surface area contributed by atoms with Gasteiger partial charge in [-0.25, -0.2) is 0 Å². The molecule has 2 nitrogen and oxygen atoms in total. The van der Waals surface area contributed by atoms with Crippen molar-refractivity contribution in [3.8, 4) is 0 Å². The minimum atomic E-state index is -4.33. The van der Waals surface area contributed by atoms with Gasteiger partial charge < -0.3 is 5.32 Å². The first-order valence-corrected chi connectivity index (χ1v) is 6.15. The summed E-state index contributed by atoms with van der Waals surface area (Å²) in [6, 6.07) is 5.18. The Morgan fingerprint density at radius 1 is 1.37 bits per heavy atom. The molecule has 0 aliphatic carbocycles. The average molecular weight is 271 g/mol. The molecule has 1 atom stereocenters. The van der Waals surface area contributed by atoms with Gasteiger partial charge in [-0.2, -0.15) is 13.2 Å². The quantitative estimate of drug-likeness (QED) is 0.879. The highest BCUT2D eigenvalue weighted by Gasteiger charge is 2.38. The maximum Gasteiger partial charge on any atom is 0.416 e. The molecule has 1 aliphatic rings. The van der Waals surface area contributed by atoms with Crippen LogP contribution in [0.15, 0.2) is 24.3 Å². The number of nitrogens with one attached hydrogen (secondary N) is 1. The van der Waals surface area contributed by atoms with Crippen molar-refractivity contribution >= 4 is 5.91 Å². The average Bonchev–Trinajstić information content (AvgIpc) is 2.51. The lowest BCUT2D eigenvalue weighted by atomic mass is 9.88. The van der Waals surface area contributed by atoms with Gasteiger partial charge in [-0.15, -0.1) is 0 Å². The predicted octanol–water partition coefficient (Wildman–Crippen LogP) is 3.16. The lowest BCUT2D eigenvalue weighted by Gasteiger charge is -2.14. The van der Waals surface area contributed by atoms with Crippen molar-refractivity contribution in [3.63, 3.8) is 0 Å². The van der Waals surface area contributed by atoms with Crippen LogP contribution in [0, 0.1) is 5.41 Å². The summed E-state index contributed by atoms with van der Waals surface area (Å²) in [5.41, 5.74) is -0.488. The van der Waals surface area contributed by atoms with E-state index in [9.17, 15) is 18.0 Å². The Balaban J connectivity index is 2.11. The smallest absolute Gasteiger partial charge is 0.353 e. The molecule has 1 aromatic carbocycles. The Hall–Kier alpha value is -1.52. The molecule has 0 saturated carbocycles. The van der Waals surface area contributed by atoms with Crippen molar-refractivity contribution in [1.29, 1.82) is 0 Å². The third-order valence-electron chi connectivity index (χ3n) is 3.44. The highest BCUT2D eigenvalue weighted by atomic mass is 19.4. The van der Waals surface area contributed by atoms with Crippen molar-refractivity contribution < 1.29 is 18.0 Å². The van der Waals surface area contributed by atoms with Gasteiger partial charge in [0.05, 0.1) is 5.56 Å². The molecular formula is C14H16F3NO. The van der Waals surface area contributed by atoms with Crippen LogP contribution >= 0.6 is 0 Å². The molecular weight excluding hydrogens is 255 g/mol. The second kappa shape index (κ2) is 4.54. The van der Waals surface area contributed by atoms with Crippen LogP contribution in [0.25, 0.3) is 0 Å². The van der Waals surface area contributed by atoms with Crippen LogP contribution in [-0.4, -0.2) is 11.9 Å². The number of amides is 1. The number of halogens is 3. The van der Waals surface area contributed by atoms with E-state index in [-0.39, 0.29) is 11.9 Å². The second-order valence-corrected chi connectivity index (χ2v) is 5.66. The molecule has 1 fully saturated rings. The Morgan fingerprint density at radius 3 is 2.58 bits per heavy atom. The van der Waals surface area contributed by atoms with Crippen molar-refractivity contribution in [2.45, 2.75) is 38.9 Å². The third-order valence-corrected chi connectivity index (χ3v) is 3.44. The van der Waals surface area contributed by atoms with Crippen LogP contribution in [0.2, 0.25) is 0 Å². The fourth-order valence-corrected chi connectivity index (χ4v) is 2.42. The summed E-state index contributed by atoms with van der Waals surface area (Å²) < 4.78 is 37.8. The van der Waals surface area contributed by atoms with Crippen molar-refractivity contribution in [2.75, 3.05) is 0 Å². The molecule has 1 saturated heterocycles. The van der Waals surface area contributed by atoms with Gasteiger partial charge >= 0.3 is 6.18 Å². The molecule has 1 amide bonds. The summed E-state index contributed by atoms with van der Waals surface area (Å²) in [6.45, 7) is 3.68. The number of carbonyl (C=O) groups excluding carboxylic acids is 1. The highest BCUT2D eigenvalue weighted by molar-refractivity contribution is 5.84. The molecule has 1 N–H and O–H groups in total. The molecule has 0 aromatic heterocycles. The zero-order valence-corrected chi connectivity index (χ0v) is 10.8. The van der Waals surface area contributed by atoms with Crippen LogP contribution in [0.4, 0.5) is 13.2 Å². The number of benzene rings is 1. The zero-order valence-electron chi connectivity index (χ0n) is 10.8. The van der Waals surface area contributed by atoms with Crippen molar-refractivity contribution in [3.05, 3.63) is 35.4 Å². The number of hydrogen-bond acceptors (Lipinski definition) is 1. The fourth-order valence-electron chi connectivity index (χ4n) is 2.42. The third kappa shape index (κ3) is 3.08. The molecule has 0 radical (unpaired) electrons. The Labute approximate surface area is 110 Å². The first kappa shape index (κ1) is 13.9. The van der Waals surface area contributed by atoms with Crippen molar-refractivity contribution in [2.24, 2.45) is 5.41 Å². The van der Waals surface area contributed by atoms with Gasteiger partial charge in [0.25, 0.3) is 0 Å². The Kier molecular flexibility index (Phi) is 3.32. The molecule has 0 bridgehead atoms. The molecule has 1 aliphatic heterocycles. The number of carbonyl (C=O) groups is 1. The molecule has 19 heavy (non-hydrogen) atoms. The van der Waals surface area contributed by atoms with Gasteiger partial charge in [0.15, 0.2) is 0 Å². The predicted molar refractivity (Wildman–Crippen MR) is 65.5 cm³/mol. The van der Waals surface area contributed by atoms with Gasteiger partial charge in [0.1, 0.15) is 0 Å². The van der Waals surface area contributed by atoms with Gasteiger partial charge in [-0.3, -0.25) is 4.79 Å². The normalized spacial score (nSPS) is 22.4. The molecule has 1 heterocycles. The molecule has 2 rings (SSSR count). The Bertz CT molecular complexity index is 494. The van der Waals surface area contributed by atoms with E-state index in [0.29, 0.717) is 18.4 Å². The second-order valence-electron chi connectivity index (χ2n) is 5.66. The summed E-state index contributed by atoms with van der Waals surface area (Å²) in [4.78, 5) is 11.6. The minimum Gasteiger partial charge on any atom is -0.353 e. The molecule has 1 aromatic rings. The maximum absolute atomic E-state index is 12.6. The van der Waals surface area contributed by atoms with Gasteiger partial charge in [-0.05, 0) is 24.5 Å². The molecule has 5 heteroatoms. The van der Waals surface area contributed by atoms with E-state index in [1.54, 1.807) is 6.07 Å². The van der Waals surface area contributed by atoms with E-state index in [1.165, 1.54) is 6.07 Å². The number of hydrogen-bond donors (Lipinski definition) is 1. The van der Waals surface area contributed by atoms with Crippen LogP contribution in [0.5, 0.6) is 0 Å². The van der Waals surface area contributed by atoms with Crippen molar-refractivity contribution in [1.82, 2.24) is 5.32 Å². The van der Waals surface area contributed by atoms with Crippen LogP contribution < -0.4 is 5.32 Å². The Morgan fingerprint density at radius 2 is 2.05 bits per heavy atom. The lowest BCUT2D eigenvalue weighted by Crippen LogP contribution is -2.29. The van der Waals surface area contributed by atoms with E-state index in [0.717, 1.165) is 12.1 Å². The molecule has 104 valence electrons. The summed E-state index contributed by atoms with van der Waals surface area (Å²) in [6.07, 6.45) is -3.25. The summed E-state index contributed by atoms with van der Waals surface area (Å²) in [7, 11) is 0. The zero-order chi connectivity index (χ0) is 14.3. The van der Waals surface area contributed by atoms with Gasteiger partial charge in [0.2, 0.25) is 5.91 Å². The highest BCUT2D eigenvalue weighted by Crippen LogP contribution is 2.32. The van der Waals surface area contributed by atoms with Crippen LogP contribution in [0.1, 0.15) is 31.4 Å². The van der Waals surface area contributed by atoms with Crippen LogP contribution in [-0.2, 0) is 17.4 Å².